The first kappa shape index (κ1) is 35.4. The highest BCUT2D eigenvalue weighted by Gasteiger charge is 2.27. The van der Waals surface area contributed by atoms with Gasteiger partial charge in [-0.25, -0.2) is 0 Å². The summed E-state index contributed by atoms with van der Waals surface area (Å²) in [6.45, 7) is 0. The summed E-state index contributed by atoms with van der Waals surface area (Å²) in [4.78, 5) is 7.09. The molecule has 0 amide bonds. The normalized spacial score (nSPS) is 11.9. The van der Waals surface area contributed by atoms with E-state index in [1.165, 1.54) is 15.2 Å². The van der Waals surface area contributed by atoms with Crippen molar-refractivity contribution in [2.75, 3.05) is 9.80 Å². The average molecular weight is 785 g/mol. The second kappa shape index (κ2) is 14.9. The predicted octanol–water partition coefficient (Wildman–Crippen LogP) is 15.4. The fraction of sp³-hybridized carbons (Fsp3) is 0. The van der Waals surface area contributed by atoms with Crippen LogP contribution in [-0.4, -0.2) is 4.57 Å². The second-order valence-corrected chi connectivity index (χ2v) is 16.0. The molecule has 10 aromatic rings. The van der Waals surface area contributed by atoms with Crippen LogP contribution < -0.4 is 9.80 Å². The third kappa shape index (κ3) is 6.02. The maximum atomic E-state index is 10.6. The van der Waals surface area contributed by atoms with E-state index in [9.17, 15) is 5.26 Å². The topological polar surface area (TPSA) is 35.2 Å². The molecule has 1 aliphatic heterocycles. The zero-order chi connectivity index (χ0) is 40.0. The number of hydrogen-bond acceptors (Lipinski definition) is 4. The van der Waals surface area contributed by atoms with E-state index in [2.05, 4.69) is 227 Å². The minimum Gasteiger partial charge on any atom is -0.310 e. The van der Waals surface area contributed by atoms with Crippen molar-refractivity contribution in [1.82, 2.24) is 4.57 Å². The number of fused-ring (bicyclic) bond motifs is 5. The highest BCUT2D eigenvalue weighted by Crippen LogP contribution is 2.53. The fourth-order valence-corrected chi connectivity index (χ4v) is 9.81. The summed E-state index contributed by atoms with van der Waals surface area (Å²) in [5, 5.41) is 12.9. The second-order valence-electron chi connectivity index (χ2n) is 14.9. The van der Waals surface area contributed by atoms with Crippen LogP contribution in [0.5, 0.6) is 0 Å². The molecule has 60 heavy (non-hydrogen) atoms. The summed E-state index contributed by atoms with van der Waals surface area (Å²) < 4.78 is 2.38. The van der Waals surface area contributed by atoms with Crippen molar-refractivity contribution in [2.24, 2.45) is 0 Å². The van der Waals surface area contributed by atoms with E-state index in [1.54, 1.807) is 11.8 Å². The zero-order valence-corrected chi connectivity index (χ0v) is 33.3. The molecule has 0 N–H and O–H groups in total. The smallest absolute Gasteiger partial charge is 0.0992 e. The molecule has 0 aliphatic carbocycles. The molecule has 1 aromatic heterocycles. The molecule has 0 saturated heterocycles. The molecule has 4 nitrogen and oxygen atoms in total. The lowest BCUT2D eigenvalue weighted by molar-refractivity contribution is 1.17. The summed E-state index contributed by atoms with van der Waals surface area (Å²) in [6.07, 6.45) is 0. The molecule has 282 valence electrons. The Balaban J connectivity index is 1.08. The van der Waals surface area contributed by atoms with Gasteiger partial charge in [-0.2, -0.15) is 5.26 Å². The first-order valence-electron chi connectivity index (χ1n) is 20.1. The maximum Gasteiger partial charge on any atom is 0.0992 e. The monoisotopic (exact) mass is 784 g/mol. The van der Waals surface area contributed by atoms with E-state index in [1.807, 2.05) is 12.1 Å². The van der Waals surface area contributed by atoms with Gasteiger partial charge in [0.2, 0.25) is 0 Å². The molecule has 0 saturated carbocycles. The van der Waals surface area contributed by atoms with Gasteiger partial charge >= 0.3 is 0 Å². The number of anilines is 6. The summed E-state index contributed by atoms with van der Waals surface area (Å²) in [7, 11) is 0. The molecule has 0 spiro atoms. The molecule has 0 bridgehead atoms. The van der Waals surface area contributed by atoms with Crippen LogP contribution >= 0.6 is 11.8 Å². The number of nitriles is 1. The Morgan fingerprint density at radius 3 is 1.53 bits per heavy atom. The Labute approximate surface area is 353 Å². The van der Waals surface area contributed by atoms with Gasteiger partial charge in [0.25, 0.3) is 0 Å². The van der Waals surface area contributed by atoms with Gasteiger partial charge in [0.05, 0.1) is 45.4 Å². The number of rotatable bonds is 7. The number of hydrogen-bond donors (Lipinski definition) is 0. The third-order valence-corrected chi connectivity index (χ3v) is 12.5. The lowest BCUT2D eigenvalue weighted by atomic mass is 9.94. The van der Waals surface area contributed by atoms with Crippen molar-refractivity contribution < 1.29 is 0 Å². The van der Waals surface area contributed by atoms with E-state index < -0.39 is 0 Å². The van der Waals surface area contributed by atoms with Gasteiger partial charge in [-0.15, -0.1) is 0 Å². The molecule has 0 atom stereocenters. The molecular formula is C55H36N4S. The largest absolute Gasteiger partial charge is 0.310 e. The van der Waals surface area contributed by atoms with Gasteiger partial charge in [-0.1, -0.05) is 127 Å². The quantitative estimate of drug-likeness (QED) is 0.161. The standard InChI is InChI=1S/C55H36N4S/c56-37-38-33-39(35-40(34-38)45-22-8-11-25-49(45)59-52-27-13-15-29-54(52)60-55-30-16-14-28-53(55)59)44-21-7-10-24-48(44)58-50-26-12-9-23-46(50)47-36-43(31-32-51(47)58)57(41-17-3-1-4-18-41)42-19-5-2-6-20-42/h1-36H. The minimum atomic E-state index is 0.607. The predicted molar refractivity (Wildman–Crippen MR) is 250 cm³/mol. The van der Waals surface area contributed by atoms with Crippen molar-refractivity contribution in [2.45, 2.75) is 9.79 Å². The van der Waals surface area contributed by atoms with E-state index in [0.717, 1.165) is 78.5 Å². The van der Waals surface area contributed by atoms with Gasteiger partial charge < -0.3 is 14.4 Å². The van der Waals surface area contributed by atoms with Gasteiger partial charge in [0.15, 0.2) is 0 Å². The summed E-state index contributed by atoms with van der Waals surface area (Å²) in [5.74, 6) is 0. The van der Waals surface area contributed by atoms with Crippen LogP contribution in [0.2, 0.25) is 0 Å². The summed E-state index contributed by atoms with van der Waals surface area (Å²) in [5.41, 5.74) is 14.5. The SMILES string of the molecule is N#Cc1cc(-c2ccccc2N2c3ccccc3Sc3ccccc32)cc(-c2ccccc2-n2c3ccccc3c3cc(N(c4ccccc4)c4ccccc4)ccc32)c1. The number of aromatic nitrogens is 1. The lowest BCUT2D eigenvalue weighted by Crippen LogP contribution is -2.15. The molecule has 0 fully saturated rings. The Bertz CT molecular complexity index is 3190. The molecular weight excluding hydrogens is 749 g/mol. The molecule has 1 aliphatic rings. The number of para-hydroxylation sites is 7. The Kier molecular flexibility index (Phi) is 8.77. The van der Waals surface area contributed by atoms with Crippen LogP contribution in [0.1, 0.15) is 5.56 Å². The molecule has 2 heterocycles. The van der Waals surface area contributed by atoms with Gasteiger partial charge in [0.1, 0.15) is 0 Å². The van der Waals surface area contributed by atoms with Crippen LogP contribution in [0.4, 0.5) is 34.1 Å². The molecule has 0 unspecified atom stereocenters. The van der Waals surface area contributed by atoms with Crippen LogP contribution in [0.25, 0.3) is 49.7 Å². The Hall–Kier alpha value is -7.78. The van der Waals surface area contributed by atoms with Crippen LogP contribution in [-0.2, 0) is 0 Å². The van der Waals surface area contributed by atoms with Crippen LogP contribution in [0, 0.1) is 11.3 Å². The van der Waals surface area contributed by atoms with Gasteiger partial charge in [-0.05, 0) is 114 Å². The Morgan fingerprint density at radius 1 is 0.400 bits per heavy atom. The molecule has 11 rings (SSSR count). The lowest BCUT2D eigenvalue weighted by Gasteiger charge is -2.34. The van der Waals surface area contributed by atoms with E-state index in [0.29, 0.717) is 5.56 Å². The molecule has 0 radical (unpaired) electrons. The van der Waals surface area contributed by atoms with Gasteiger partial charge in [-0.3, -0.25) is 0 Å². The Morgan fingerprint density at radius 2 is 0.900 bits per heavy atom. The number of nitrogens with zero attached hydrogens (tertiary/aromatic N) is 4. The summed E-state index contributed by atoms with van der Waals surface area (Å²) >= 11 is 1.80. The fourth-order valence-electron chi connectivity index (χ4n) is 8.75. The molecule has 5 heteroatoms. The third-order valence-electron chi connectivity index (χ3n) is 11.3. The van der Waals surface area contributed by atoms with E-state index in [-0.39, 0.29) is 0 Å². The van der Waals surface area contributed by atoms with Crippen molar-refractivity contribution in [1.29, 1.82) is 5.26 Å². The van der Waals surface area contributed by atoms with Crippen LogP contribution in [0.3, 0.4) is 0 Å². The highest BCUT2D eigenvalue weighted by atomic mass is 32.2. The van der Waals surface area contributed by atoms with E-state index in [4.69, 9.17) is 0 Å². The van der Waals surface area contributed by atoms with Crippen molar-refractivity contribution in [3.8, 4) is 34.0 Å². The average Bonchev–Trinajstić information content (AvgIpc) is 3.65. The zero-order valence-electron chi connectivity index (χ0n) is 32.5. The maximum absolute atomic E-state index is 10.6. The van der Waals surface area contributed by atoms with E-state index >= 15 is 0 Å². The first-order chi connectivity index (χ1) is 29.7. The van der Waals surface area contributed by atoms with Crippen molar-refractivity contribution in [3.05, 3.63) is 224 Å². The minimum absolute atomic E-state index is 0.607. The van der Waals surface area contributed by atoms with Crippen LogP contribution in [0.15, 0.2) is 228 Å². The van der Waals surface area contributed by atoms with Crippen molar-refractivity contribution >= 4 is 67.7 Å². The molecule has 9 aromatic carbocycles. The summed E-state index contributed by atoms with van der Waals surface area (Å²) in [6, 6.07) is 79.6. The highest BCUT2D eigenvalue weighted by molar-refractivity contribution is 7.99. The first-order valence-corrected chi connectivity index (χ1v) is 20.9. The number of benzene rings is 9. The van der Waals surface area contributed by atoms with Gasteiger partial charge in [0, 0.05) is 48.8 Å². The van der Waals surface area contributed by atoms with Crippen molar-refractivity contribution in [3.63, 3.8) is 0 Å².